The van der Waals surface area contributed by atoms with E-state index in [1.807, 2.05) is 18.2 Å². The minimum absolute atomic E-state index is 0.203. The molecule has 2 rings (SSSR count). The third-order valence-electron chi connectivity index (χ3n) is 3.02. The van der Waals surface area contributed by atoms with Crippen molar-refractivity contribution in [3.63, 3.8) is 0 Å². The van der Waals surface area contributed by atoms with Gasteiger partial charge in [-0.15, -0.1) is 0 Å². The van der Waals surface area contributed by atoms with E-state index in [0.717, 1.165) is 24.3 Å². The molecule has 0 bridgehead atoms. The van der Waals surface area contributed by atoms with Crippen LogP contribution >= 0.6 is 0 Å². The lowest BCUT2D eigenvalue weighted by atomic mass is 9.89. The van der Waals surface area contributed by atoms with E-state index in [1.165, 1.54) is 12.7 Å². The van der Waals surface area contributed by atoms with Crippen molar-refractivity contribution in [3.8, 4) is 5.75 Å². The van der Waals surface area contributed by atoms with Gasteiger partial charge in [0.15, 0.2) is 0 Å². The molecule has 1 heterocycles. The van der Waals surface area contributed by atoms with Crippen LogP contribution in [0.5, 0.6) is 5.75 Å². The lowest BCUT2D eigenvalue weighted by Gasteiger charge is -2.25. The van der Waals surface area contributed by atoms with Crippen LogP contribution in [-0.4, -0.2) is 19.7 Å². The van der Waals surface area contributed by atoms with Crippen LogP contribution in [0.4, 0.5) is 0 Å². The molecule has 0 radical (unpaired) electrons. The van der Waals surface area contributed by atoms with E-state index >= 15 is 0 Å². The molecule has 0 fully saturated rings. The van der Waals surface area contributed by atoms with Crippen molar-refractivity contribution in [2.24, 2.45) is 0 Å². The summed E-state index contributed by atoms with van der Waals surface area (Å²) in [4.78, 5) is 11.3. The van der Waals surface area contributed by atoms with Gasteiger partial charge in [0, 0.05) is 5.56 Å². The molecule has 1 aromatic rings. The smallest absolute Gasteiger partial charge is 0.309 e. The van der Waals surface area contributed by atoms with Crippen molar-refractivity contribution in [1.29, 1.82) is 0 Å². The monoisotopic (exact) mass is 220 g/mol. The highest BCUT2D eigenvalue weighted by Gasteiger charge is 2.21. The highest BCUT2D eigenvalue weighted by molar-refractivity contribution is 5.73. The van der Waals surface area contributed by atoms with Crippen LogP contribution in [0, 0.1) is 0 Å². The number of carbonyl (C=O) groups is 1. The van der Waals surface area contributed by atoms with E-state index in [-0.39, 0.29) is 5.97 Å². The molecule has 1 aromatic carbocycles. The van der Waals surface area contributed by atoms with Gasteiger partial charge >= 0.3 is 5.97 Å². The number of rotatable bonds is 2. The summed E-state index contributed by atoms with van der Waals surface area (Å²) in [7, 11) is 1.41. The largest absolute Gasteiger partial charge is 0.493 e. The van der Waals surface area contributed by atoms with E-state index in [0.29, 0.717) is 12.3 Å². The number of carbonyl (C=O) groups excluding carboxylic acids is 1. The van der Waals surface area contributed by atoms with Crippen LogP contribution in [0.3, 0.4) is 0 Å². The molecule has 86 valence electrons. The highest BCUT2D eigenvalue weighted by Crippen LogP contribution is 2.36. The van der Waals surface area contributed by atoms with E-state index in [4.69, 9.17) is 9.47 Å². The van der Waals surface area contributed by atoms with Crippen LogP contribution < -0.4 is 4.74 Å². The van der Waals surface area contributed by atoms with Crippen LogP contribution in [-0.2, 0) is 16.0 Å². The Morgan fingerprint density at radius 1 is 1.56 bits per heavy atom. The Balaban J connectivity index is 2.34. The van der Waals surface area contributed by atoms with Crippen molar-refractivity contribution in [3.05, 3.63) is 29.3 Å². The van der Waals surface area contributed by atoms with Gasteiger partial charge in [-0.1, -0.05) is 19.1 Å². The van der Waals surface area contributed by atoms with Gasteiger partial charge in [-0.3, -0.25) is 4.79 Å². The standard InChI is InChI=1S/C13H16O3/c1-9-6-7-16-11-5-3-4-10(13(9)11)8-12(14)15-2/h3-5,9H,6-8H2,1-2H3/t9-/m0/s1. The third-order valence-corrected chi connectivity index (χ3v) is 3.02. The SMILES string of the molecule is COC(=O)Cc1cccc2c1[C@@H](C)CCO2. The van der Waals surface area contributed by atoms with Gasteiger partial charge in [0.2, 0.25) is 0 Å². The summed E-state index contributed by atoms with van der Waals surface area (Å²) < 4.78 is 10.3. The predicted molar refractivity (Wildman–Crippen MR) is 60.7 cm³/mol. The van der Waals surface area contributed by atoms with Crippen LogP contribution in [0.2, 0.25) is 0 Å². The van der Waals surface area contributed by atoms with E-state index in [2.05, 4.69) is 6.92 Å². The summed E-state index contributed by atoms with van der Waals surface area (Å²) >= 11 is 0. The van der Waals surface area contributed by atoms with Gasteiger partial charge < -0.3 is 9.47 Å². The van der Waals surface area contributed by atoms with Crippen molar-refractivity contribution in [1.82, 2.24) is 0 Å². The zero-order valence-corrected chi connectivity index (χ0v) is 9.66. The van der Waals surface area contributed by atoms with Gasteiger partial charge in [-0.2, -0.15) is 0 Å². The number of hydrogen-bond acceptors (Lipinski definition) is 3. The summed E-state index contributed by atoms with van der Waals surface area (Å²) in [5.41, 5.74) is 2.19. The molecule has 0 aliphatic carbocycles. The molecule has 0 saturated carbocycles. The number of fused-ring (bicyclic) bond motifs is 1. The van der Waals surface area contributed by atoms with Crippen molar-refractivity contribution in [2.45, 2.75) is 25.7 Å². The molecular weight excluding hydrogens is 204 g/mol. The number of esters is 1. The average molecular weight is 220 g/mol. The molecule has 1 aliphatic heterocycles. The fourth-order valence-electron chi connectivity index (χ4n) is 2.15. The fourth-order valence-corrected chi connectivity index (χ4v) is 2.15. The fraction of sp³-hybridized carbons (Fsp3) is 0.462. The number of methoxy groups -OCH3 is 1. The Hall–Kier alpha value is -1.51. The Morgan fingerprint density at radius 3 is 3.12 bits per heavy atom. The zero-order valence-electron chi connectivity index (χ0n) is 9.66. The highest BCUT2D eigenvalue weighted by atomic mass is 16.5. The molecule has 1 aliphatic rings. The van der Waals surface area contributed by atoms with E-state index < -0.39 is 0 Å². The van der Waals surface area contributed by atoms with Crippen LogP contribution in [0.15, 0.2) is 18.2 Å². The summed E-state index contributed by atoms with van der Waals surface area (Å²) in [6.07, 6.45) is 1.33. The van der Waals surface area contributed by atoms with E-state index in [1.54, 1.807) is 0 Å². The maximum absolute atomic E-state index is 11.3. The minimum atomic E-state index is -0.203. The second-order valence-corrected chi connectivity index (χ2v) is 4.12. The Bertz CT molecular complexity index is 398. The van der Waals surface area contributed by atoms with Crippen LogP contribution in [0.1, 0.15) is 30.4 Å². The summed E-state index contributed by atoms with van der Waals surface area (Å²) in [5.74, 6) is 1.16. The second-order valence-electron chi connectivity index (χ2n) is 4.12. The van der Waals surface area contributed by atoms with Crippen molar-refractivity contribution >= 4 is 5.97 Å². The summed E-state index contributed by atoms with van der Waals surface area (Å²) in [6, 6.07) is 5.86. The first-order valence-corrected chi connectivity index (χ1v) is 5.53. The molecule has 0 unspecified atom stereocenters. The van der Waals surface area contributed by atoms with Gasteiger partial charge in [-0.05, 0) is 24.0 Å². The zero-order chi connectivity index (χ0) is 11.5. The molecule has 0 saturated heterocycles. The Kier molecular flexibility index (Phi) is 3.13. The number of benzene rings is 1. The molecule has 0 spiro atoms. The van der Waals surface area contributed by atoms with E-state index in [9.17, 15) is 4.79 Å². The maximum atomic E-state index is 11.3. The summed E-state index contributed by atoms with van der Waals surface area (Å²) in [6.45, 7) is 2.93. The molecule has 1 atom stereocenters. The molecular formula is C13H16O3. The van der Waals surface area contributed by atoms with Crippen LogP contribution in [0.25, 0.3) is 0 Å². The molecule has 0 aromatic heterocycles. The first kappa shape index (κ1) is 11.0. The molecule has 16 heavy (non-hydrogen) atoms. The Morgan fingerprint density at radius 2 is 2.38 bits per heavy atom. The lowest BCUT2D eigenvalue weighted by molar-refractivity contribution is -0.139. The van der Waals surface area contributed by atoms with Gasteiger partial charge in [0.25, 0.3) is 0 Å². The second kappa shape index (κ2) is 4.56. The average Bonchev–Trinajstić information content (AvgIpc) is 2.29. The van der Waals surface area contributed by atoms with Gasteiger partial charge in [0.05, 0.1) is 20.1 Å². The van der Waals surface area contributed by atoms with Crippen molar-refractivity contribution < 1.29 is 14.3 Å². The molecule has 3 heteroatoms. The predicted octanol–water partition coefficient (Wildman–Crippen LogP) is 2.29. The quantitative estimate of drug-likeness (QED) is 0.717. The van der Waals surface area contributed by atoms with Gasteiger partial charge in [-0.25, -0.2) is 0 Å². The van der Waals surface area contributed by atoms with Crippen molar-refractivity contribution in [2.75, 3.05) is 13.7 Å². The molecule has 0 amide bonds. The topological polar surface area (TPSA) is 35.5 Å². The first-order valence-electron chi connectivity index (χ1n) is 5.53. The Labute approximate surface area is 95.4 Å². The third kappa shape index (κ3) is 2.03. The van der Waals surface area contributed by atoms with Gasteiger partial charge in [0.1, 0.15) is 5.75 Å². The normalized spacial score (nSPS) is 18.5. The molecule has 3 nitrogen and oxygen atoms in total. The first-order chi connectivity index (χ1) is 7.72. The minimum Gasteiger partial charge on any atom is -0.493 e. The maximum Gasteiger partial charge on any atom is 0.309 e. The lowest BCUT2D eigenvalue weighted by Crippen LogP contribution is -2.16. The summed E-state index contributed by atoms with van der Waals surface area (Å²) in [5, 5.41) is 0. The molecule has 0 N–H and O–H groups in total. The number of hydrogen-bond donors (Lipinski definition) is 0. The number of ether oxygens (including phenoxy) is 2.